The molecule has 0 radical (unpaired) electrons. The van der Waals surface area contributed by atoms with Gasteiger partial charge in [-0.3, -0.25) is 9.59 Å². The molecule has 0 saturated carbocycles. The SMILES string of the molecule is COc1ccc(OCc2cn(CC(=O)NCC(N)=O)nn2)cc1. The first-order valence-corrected chi connectivity index (χ1v) is 6.77. The molecule has 0 aliphatic carbocycles. The number of aromatic nitrogens is 3. The van der Waals surface area contributed by atoms with Crippen LogP contribution in [-0.4, -0.2) is 40.5 Å². The molecule has 0 saturated heterocycles. The highest BCUT2D eigenvalue weighted by Crippen LogP contribution is 2.17. The highest BCUT2D eigenvalue weighted by molar-refractivity contribution is 5.83. The molecule has 0 aliphatic heterocycles. The number of ether oxygens (including phenoxy) is 2. The maximum absolute atomic E-state index is 11.5. The van der Waals surface area contributed by atoms with Gasteiger partial charge in [-0.05, 0) is 24.3 Å². The smallest absolute Gasteiger partial charge is 0.242 e. The van der Waals surface area contributed by atoms with Crippen LogP contribution in [0.25, 0.3) is 0 Å². The van der Waals surface area contributed by atoms with Crippen molar-refractivity contribution in [1.29, 1.82) is 0 Å². The third-order valence-electron chi connectivity index (χ3n) is 2.80. The lowest BCUT2D eigenvalue weighted by atomic mass is 10.3. The number of benzene rings is 1. The van der Waals surface area contributed by atoms with E-state index in [1.807, 2.05) is 0 Å². The number of primary amides is 1. The van der Waals surface area contributed by atoms with Crippen molar-refractivity contribution in [3.8, 4) is 11.5 Å². The highest BCUT2D eigenvalue weighted by atomic mass is 16.5. The van der Waals surface area contributed by atoms with Gasteiger partial charge in [-0.15, -0.1) is 5.10 Å². The fourth-order valence-electron chi connectivity index (χ4n) is 1.70. The summed E-state index contributed by atoms with van der Waals surface area (Å²) in [6.07, 6.45) is 1.59. The molecule has 0 bridgehead atoms. The summed E-state index contributed by atoms with van der Waals surface area (Å²) in [5.74, 6) is 0.423. The number of hydrogen-bond donors (Lipinski definition) is 2. The number of nitrogens with zero attached hydrogens (tertiary/aromatic N) is 3. The number of nitrogens with two attached hydrogens (primary N) is 1. The Morgan fingerprint density at radius 3 is 2.61 bits per heavy atom. The van der Waals surface area contributed by atoms with Crippen molar-refractivity contribution < 1.29 is 19.1 Å². The molecular weight excluding hydrogens is 302 g/mol. The van der Waals surface area contributed by atoms with Crippen molar-refractivity contribution in [2.75, 3.05) is 13.7 Å². The molecule has 9 heteroatoms. The van der Waals surface area contributed by atoms with Crippen LogP contribution in [0.2, 0.25) is 0 Å². The van der Waals surface area contributed by atoms with Gasteiger partial charge in [0.05, 0.1) is 19.9 Å². The van der Waals surface area contributed by atoms with E-state index in [0.717, 1.165) is 5.75 Å². The van der Waals surface area contributed by atoms with Crippen LogP contribution in [0, 0.1) is 0 Å². The van der Waals surface area contributed by atoms with E-state index in [2.05, 4.69) is 15.6 Å². The van der Waals surface area contributed by atoms with E-state index in [-0.39, 0.29) is 25.6 Å². The average Bonchev–Trinajstić information content (AvgIpc) is 2.99. The topological polar surface area (TPSA) is 121 Å². The van der Waals surface area contributed by atoms with Crippen molar-refractivity contribution >= 4 is 11.8 Å². The molecular formula is C14H17N5O4. The van der Waals surface area contributed by atoms with Crippen molar-refractivity contribution in [1.82, 2.24) is 20.3 Å². The first kappa shape index (κ1) is 16.3. The van der Waals surface area contributed by atoms with Crippen molar-refractivity contribution in [2.45, 2.75) is 13.2 Å². The summed E-state index contributed by atoms with van der Waals surface area (Å²) in [5.41, 5.74) is 5.51. The third kappa shape index (κ3) is 5.30. The van der Waals surface area contributed by atoms with Crippen molar-refractivity contribution in [3.63, 3.8) is 0 Å². The molecule has 0 spiro atoms. The van der Waals surface area contributed by atoms with Crippen LogP contribution in [0.15, 0.2) is 30.5 Å². The summed E-state index contributed by atoms with van der Waals surface area (Å²) in [6.45, 7) is -0.0426. The van der Waals surface area contributed by atoms with Crippen LogP contribution in [-0.2, 0) is 22.7 Å². The van der Waals surface area contributed by atoms with E-state index in [9.17, 15) is 9.59 Å². The van der Waals surface area contributed by atoms with Gasteiger partial charge in [-0.25, -0.2) is 4.68 Å². The third-order valence-corrected chi connectivity index (χ3v) is 2.80. The van der Waals surface area contributed by atoms with E-state index in [0.29, 0.717) is 11.4 Å². The van der Waals surface area contributed by atoms with Gasteiger partial charge in [0.1, 0.15) is 30.3 Å². The number of carbonyl (C=O) groups excluding carboxylic acids is 2. The zero-order chi connectivity index (χ0) is 16.7. The van der Waals surface area contributed by atoms with Gasteiger partial charge in [-0.1, -0.05) is 5.21 Å². The molecule has 1 aromatic heterocycles. The van der Waals surface area contributed by atoms with Gasteiger partial charge in [-0.2, -0.15) is 0 Å². The summed E-state index contributed by atoms with van der Waals surface area (Å²) in [4.78, 5) is 22.1. The van der Waals surface area contributed by atoms with Crippen LogP contribution in [0.5, 0.6) is 11.5 Å². The first-order valence-electron chi connectivity index (χ1n) is 6.77. The summed E-state index contributed by atoms with van der Waals surface area (Å²) in [6, 6.07) is 7.13. The minimum absolute atomic E-state index is 0.0528. The Morgan fingerprint density at radius 2 is 1.96 bits per heavy atom. The Hall–Kier alpha value is -3.10. The zero-order valence-corrected chi connectivity index (χ0v) is 12.6. The molecule has 0 atom stereocenters. The largest absolute Gasteiger partial charge is 0.497 e. The second-order valence-corrected chi connectivity index (χ2v) is 4.61. The van der Waals surface area contributed by atoms with Crippen LogP contribution >= 0.6 is 0 Å². The average molecular weight is 319 g/mol. The van der Waals surface area contributed by atoms with Crippen LogP contribution in [0.4, 0.5) is 0 Å². The Balaban J connectivity index is 1.81. The molecule has 1 heterocycles. The molecule has 122 valence electrons. The summed E-state index contributed by atoms with van der Waals surface area (Å²) in [7, 11) is 1.59. The zero-order valence-electron chi connectivity index (χ0n) is 12.6. The van der Waals surface area contributed by atoms with E-state index in [4.69, 9.17) is 15.2 Å². The number of amides is 2. The number of nitrogens with one attached hydrogen (secondary N) is 1. The second kappa shape index (κ2) is 7.78. The highest BCUT2D eigenvalue weighted by Gasteiger charge is 2.07. The van der Waals surface area contributed by atoms with Crippen molar-refractivity contribution in [3.05, 3.63) is 36.2 Å². The molecule has 23 heavy (non-hydrogen) atoms. The van der Waals surface area contributed by atoms with E-state index >= 15 is 0 Å². The maximum atomic E-state index is 11.5. The molecule has 9 nitrogen and oxygen atoms in total. The Labute approximate surface area is 132 Å². The number of hydrogen-bond acceptors (Lipinski definition) is 6. The fourth-order valence-corrected chi connectivity index (χ4v) is 1.70. The van der Waals surface area contributed by atoms with E-state index in [1.165, 1.54) is 4.68 Å². The summed E-state index contributed by atoms with van der Waals surface area (Å²) < 4.78 is 12.0. The van der Waals surface area contributed by atoms with Gasteiger partial charge >= 0.3 is 0 Å². The molecule has 1 aromatic carbocycles. The standard InChI is InChI=1S/C14H17N5O4/c1-22-11-2-4-12(5-3-11)23-9-10-7-19(18-17-10)8-14(21)16-6-13(15)20/h2-5,7H,6,8-9H2,1H3,(H2,15,20)(H,16,21). The number of rotatable bonds is 8. The normalized spacial score (nSPS) is 10.1. The second-order valence-electron chi connectivity index (χ2n) is 4.61. The Morgan fingerprint density at radius 1 is 1.26 bits per heavy atom. The Kier molecular flexibility index (Phi) is 5.50. The lowest BCUT2D eigenvalue weighted by Gasteiger charge is -2.04. The van der Waals surface area contributed by atoms with Crippen LogP contribution in [0.3, 0.4) is 0 Å². The molecule has 2 rings (SSSR count). The predicted molar refractivity (Wildman–Crippen MR) is 79.6 cm³/mol. The van der Waals surface area contributed by atoms with Gasteiger partial charge < -0.3 is 20.5 Å². The fraction of sp³-hybridized carbons (Fsp3) is 0.286. The minimum atomic E-state index is -0.606. The van der Waals surface area contributed by atoms with Crippen LogP contribution < -0.4 is 20.5 Å². The molecule has 0 fully saturated rings. The molecule has 0 aliphatic rings. The number of methoxy groups -OCH3 is 1. The molecule has 2 amide bonds. The predicted octanol–water partition coefficient (Wildman–Crippen LogP) is -0.533. The lowest BCUT2D eigenvalue weighted by molar-refractivity contribution is -0.125. The maximum Gasteiger partial charge on any atom is 0.242 e. The van der Waals surface area contributed by atoms with Crippen molar-refractivity contribution in [2.24, 2.45) is 5.73 Å². The quantitative estimate of drug-likeness (QED) is 0.674. The molecule has 2 aromatic rings. The molecule has 3 N–H and O–H groups in total. The van der Waals surface area contributed by atoms with Gasteiger partial charge in [0, 0.05) is 0 Å². The van der Waals surface area contributed by atoms with Gasteiger partial charge in [0.15, 0.2) is 0 Å². The van der Waals surface area contributed by atoms with Gasteiger partial charge in [0.2, 0.25) is 11.8 Å². The first-order chi connectivity index (χ1) is 11.1. The number of carbonyl (C=O) groups is 2. The Bertz CT molecular complexity index is 668. The minimum Gasteiger partial charge on any atom is -0.497 e. The summed E-state index contributed by atoms with van der Waals surface area (Å²) in [5, 5.41) is 10.1. The van der Waals surface area contributed by atoms with Crippen LogP contribution in [0.1, 0.15) is 5.69 Å². The van der Waals surface area contributed by atoms with Gasteiger partial charge in [0.25, 0.3) is 0 Å². The lowest BCUT2D eigenvalue weighted by Crippen LogP contribution is -2.35. The monoisotopic (exact) mass is 319 g/mol. The van der Waals surface area contributed by atoms with E-state index in [1.54, 1.807) is 37.6 Å². The summed E-state index contributed by atoms with van der Waals surface area (Å²) >= 11 is 0. The molecule has 0 unspecified atom stereocenters. The van der Waals surface area contributed by atoms with E-state index < -0.39 is 5.91 Å².